The van der Waals surface area contributed by atoms with Gasteiger partial charge in [0, 0.05) is 15.5 Å². The van der Waals surface area contributed by atoms with Crippen LogP contribution in [0.15, 0.2) is 46.2 Å². The highest BCUT2D eigenvalue weighted by molar-refractivity contribution is 7.99. The molecule has 2 N–H and O–H groups in total. The van der Waals surface area contributed by atoms with Crippen molar-refractivity contribution < 1.29 is 9.13 Å². The Morgan fingerprint density at radius 3 is 2.72 bits per heavy atom. The largest absolute Gasteiger partial charge is 0.497 e. The molecule has 2 aromatic carbocycles. The van der Waals surface area contributed by atoms with Crippen molar-refractivity contribution in [2.45, 2.75) is 16.7 Å². The molecule has 0 aromatic heterocycles. The van der Waals surface area contributed by atoms with Gasteiger partial charge in [0.1, 0.15) is 11.6 Å². The molecular weight excluding hydrogens is 249 g/mol. The van der Waals surface area contributed by atoms with E-state index in [-0.39, 0.29) is 5.82 Å². The normalized spacial score (nSPS) is 10.4. The predicted octanol–water partition coefficient (Wildman–Crippen LogP) is 3.88. The summed E-state index contributed by atoms with van der Waals surface area (Å²) < 4.78 is 18.5. The fraction of sp³-hybridized carbons (Fsp3) is 0.143. The molecule has 0 spiro atoms. The predicted molar refractivity (Wildman–Crippen MR) is 72.7 cm³/mol. The lowest BCUT2D eigenvalue weighted by molar-refractivity contribution is 0.413. The molecule has 2 aromatic rings. The molecule has 2 rings (SSSR count). The Morgan fingerprint density at radius 2 is 2.00 bits per heavy atom. The van der Waals surface area contributed by atoms with Crippen molar-refractivity contribution in [1.82, 2.24) is 0 Å². The summed E-state index contributed by atoms with van der Waals surface area (Å²) in [5, 5.41) is 0. The smallest absolute Gasteiger partial charge is 0.128 e. The van der Waals surface area contributed by atoms with E-state index in [1.54, 1.807) is 20.1 Å². The summed E-state index contributed by atoms with van der Waals surface area (Å²) in [7, 11) is 1.63. The molecule has 0 heterocycles. The summed E-state index contributed by atoms with van der Waals surface area (Å²) in [5.41, 5.74) is 6.86. The number of nitrogen functional groups attached to an aromatic ring is 1. The highest BCUT2D eigenvalue weighted by atomic mass is 32.2. The zero-order valence-electron chi connectivity index (χ0n) is 10.2. The van der Waals surface area contributed by atoms with Gasteiger partial charge in [-0.05, 0) is 42.8 Å². The molecule has 0 bridgehead atoms. The van der Waals surface area contributed by atoms with E-state index in [1.165, 1.54) is 17.8 Å². The van der Waals surface area contributed by atoms with Crippen LogP contribution in [0.3, 0.4) is 0 Å². The van der Waals surface area contributed by atoms with Crippen molar-refractivity contribution >= 4 is 17.4 Å². The maximum Gasteiger partial charge on any atom is 0.128 e. The van der Waals surface area contributed by atoms with Crippen LogP contribution in [0.1, 0.15) is 5.56 Å². The maximum absolute atomic E-state index is 13.3. The number of aryl methyl sites for hydroxylation is 1. The van der Waals surface area contributed by atoms with E-state index in [4.69, 9.17) is 10.5 Å². The van der Waals surface area contributed by atoms with Crippen molar-refractivity contribution in [2.24, 2.45) is 0 Å². The number of hydrogen-bond acceptors (Lipinski definition) is 3. The number of anilines is 1. The van der Waals surface area contributed by atoms with Crippen molar-refractivity contribution in [3.63, 3.8) is 0 Å². The molecule has 0 aliphatic heterocycles. The molecule has 0 unspecified atom stereocenters. The fourth-order valence-electron chi connectivity index (χ4n) is 1.55. The van der Waals surface area contributed by atoms with Crippen LogP contribution in [0.2, 0.25) is 0 Å². The monoisotopic (exact) mass is 263 g/mol. The highest BCUT2D eigenvalue weighted by Gasteiger charge is 2.07. The van der Waals surface area contributed by atoms with Crippen LogP contribution in [-0.4, -0.2) is 7.11 Å². The van der Waals surface area contributed by atoms with Crippen LogP contribution >= 0.6 is 11.8 Å². The number of ether oxygens (including phenoxy) is 1. The van der Waals surface area contributed by atoms with E-state index in [1.807, 2.05) is 24.3 Å². The molecule has 0 amide bonds. The second-order valence-corrected chi connectivity index (χ2v) is 5.04. The van der Waals surface area contributed by atoms with Crippen LogP contribution < -0.4 is 10.5 Å². The first-order chi connectivity index (χ1) is 8.60. The molecule has 0 saturated carbocycles. The summed E-state index contributed by atoms with van der Waals surface area (Å²) >= 11 is 1.49. The molecule has 18 heavy (non-hydrogen) atoms. The maximum atomic E-state index is 13.3. The molecule has 0 aliphatic rings. The average molecular weight is 263 g/mol. The van der Waals surface area contributed by atoms with Crippen LogP contribution in [-0.2, 0) is 0 Å². The lowest BCUT2D eigenvalue weighted by Crippen LogP contribution is -1.92. The third-order valence-corrected chi connectivity index (χ3v) is 3.62. The molecule has 0 fully saturated rings. The van der Waals surface area contributed by atoms with Crippen molar-refractivity contribution in [3.05, 3.63) is 47.8 Å². The third kappa shape index (κ3) is 2.76. The second-order valence-electron chi connectivity index (χ2n) is 3.92. The van der Waals surface area contributed by atoms with Gasteiger partial charge in [-0.25, -0.2) is 4.39 Å². The SMILES string of the molecule is COc1cccc(Sc2cc(C)c(F)cc2N)c1. The van der Waals surface area contributed by atoms with Gasteiger partial charge in [0.25, 0.3) is 0 Å². The Hall–Kier alpha value is -1.68. The Labute approximate surface area is 110 Å². The van der Waals surface area contributed by atoms with Gasteiger partial charge < -0.3 is 10.5 Å². The molecule has 2 nitrogen and oxygen atoms in total. The summed E-state index contributed by atoms with van der Waals surface area (Å²) in [5.74, 6) is 0.514. The molecule has 0 saturated heterocycles. The number of benzene rings is 2. The van der Waals surface area contributed by atoms with Gasteiger partial charge in [0.2, 0.25) is 0 Å². The van der Waals surface area contributed by atoms with E-state index in [0.717, 1.165) is 15.5 Å². The zero-order valence-corrected chi connectivity index (χ0v) is 11.1. The Bertz CT molecular complexity index is 572. The molecular formula is C14H14FNOS. The first kappa shape index (κ1) is 12.8. The van der Waals surface area contributed by atoms with Gasteiger partial charge >= 0.3 is 0 Å². The zero-order chi connectivity index (χ0) is 13.1. The van der Waals surface area contributed by atoms with Crippen molar-refractivity contribution in [3.8, 4) is 5.75 Å². The lowest BCUT2D eigenvalue weighted by atomic mass is 10.2. The molecule has 94 valence electrons. The standard InChI is InChI=1S/C14H14FNOS/c1-9-6-14(13(16)8-12(9)15)18-11-5-3-4-10(7-11)17-2/h3-8H,16H2,1-2H3. The fourth-order valence-corrected chi connectivity index (χ4v) is 2.54. The summed E-state index contributed by atoms with van der Waals surface area (Å²) in [6.45, 7) is 1.73. The Kier molecular flexibility index (Phi) is 3.77. The molecule has 0 aliphatic carbocycles. The minimum absolute atomic E-state index is 0.275. The number of rotatable bonds is 3. The van der Waals surface area contributed by atoms with Crippen LogP contribution in [0.4, 0.5) is 10.1 Å². The average Bonchev–Trinajstić information content (AvgIpc) is 2.36. The van der Waals surface area contributed by atoms with E-state index < -0.39 is 0 Å². The molecule has 0 radical (unpaired) electrons. The van der Waals surface area contributed by atoms with Crippen molar-refractivity contribution in [1.29, 1.82) is 0 Å². The summed E-state index contributed by atoms with van der Waals surface area (Å²) in [6.07, 6.45) is 0. The quantitative estimate of drug-likeness (QED) is 0.854. The highest BCUT2D eigenvalue weighted by Crippen LogP contribution is 2.34. The first-order valence-electron chi connectivity index (χ1n) is 5.47. The molecule has 0 atom stereocenters. The van der Waals surface area contributed by atoms with E-state index in [2.05, 4.69) is 0 Å². The summed E-state index contributed by atoms with van der Waals surface area (Å²) in [4.78, 5) is 1.86. The van der Waals surface area contributed by atoms with Crippen LogP contribution in [0, 0.1) is 12.7 Å². The van der Waals surface area contributed by atoms with Crippen molar-refractivity contribution in [2.75, 3.05) is 12.8 Å². The van der Waals surface area contributed by atoms with Crippen LogP contribution in [0.5, 0.6) is 5.75 Å². The van der Waals surface area contributed by atoms with Crippen LogP contribution in [0.25, 0.3) is 0 Å². The lowest BCUT2D eigenvalue weighted by Gasteiger charge is -2.08. The van der Waals surface area contributed by atoms with Gasteiger partial charge in [0.15, 0.2) is 0 Å². The number of halogens is 1. The van der Waals surface area contributed by atoms with E-state index in [0.29, 0.717) is 11.3 Å². The first-order valence-corrected chi connectivity index (χ1v) is 6.29. The number of nitrogens with two attached hydrogens (primary N) is 1. The summed E-state index contributed by atoms with van der Waals surface area (Å²) in [6, 6.07) is 10.8. The van der Waals surface area contributed by atoms with Gasteiger partial charge in [0.05, 0.1) is 7.11 Å². The number of hydrogen-bond donors (Lipinski definition) is 1. The second kappa shape index (κ2) is 5.31. The Morgan fingerprint density at radius 1 is 1.22 bits per heavy atom. The van der Waals surface area contributed by atoms with Gasteiger partial charge in [-0.15, -0.1) is 0 Å². The minimum atomic E-state index is -0.275. The van der Waals surface area contributed by atoms with Gasteiger partial charge in [-0.3, -0.25) is 0 Å². The van der Waals surface area contributed by atoms with E-state index >= 15 is 0 Å². The van der Waals surface area contributed by atoms with Gasteiger partial charge in [-0.2, -0.15) is 0 Å². The number of methoxy groups -OCH3 is 1. The van der Waals surface area contributed by atoms with E-state index in [9.17, 15) is 4.39 Å². The van der Waals surface area contributed by atoms with Gasteiger partial charge in [-0.1, -0.05) is 17.8 Å². The molecule has 4 heteroatoms. The minimum Gasteiger partial charge on any atom is -0.497 e. The third-order valence-electron chi connectivity index (χ3n) is 2.56. The topological polar surface area (TPSA) is 35.2 Å². The Balaban J connectivity index is 2.30.